The molecule has 1 rings (SSSR count). The first-order chi connectivity index (χ1) is 9.29. The van der Waals surface area contributed by atoms with Crippen molar-refractivity contribution in [1.29, 1.82) is 0 Å². The van der Waals surface area contributed by atoms with Crippen molar-refractivity contribution in [2.45, 2.75) is 26.7 Å². The summed E-state index contributed by atoms with van der Waals surface area (Å²) in [7, 11) is 0. The number of anilines is 1. The first kappa shape index (κ1) is 15.5. The molecule has 0 aliphatic rings. The maximum absolute atomic E-state index is 12.1. The van der Waals surface area contributed by atoms with Gasteiger partial charge in [0.2, 0.25) is 0 Å². The number of para-hydroxylation sites is 1. The standard InChI is InChI=1S/C15H24N2O2/c1-3-10-16-14-9-6-5-8-13(14)15(18)17-11-7-12-19-4-2/h5-6,8-9,16H,3-4,7,10-12H2,1-2H3,(H,17,18). The third kappa shape index (κ3) is 5.75. The van der Waals surface area contributed by atoms with Crippen LogP contribution in [0, 0.1) is 0 Å². The molecule has 1 aromatic carbocycles. The summed E-state index contributed by atoms with van der Waals surface area (Å²) in [5, 5.41) is 6.18. The van der Waals surface area contributed by atoms with Gasteiger partial charge in [0.25, 0.3) is 5.91 Å². The molecule has 0 atom stereocenters. The summed E-state index contributed by atoms with van der Waals surface area (Å²) >= 11 is 0. The Bertz CT molecular complexity index is 380. The van der Waals surface area contributed by atoms with Crippen molar-refractivity contribution >= 4 is 11.6 Å². The molecule has 0 spiro atoms. The minimum atomic E-state index is -0.0318. The lowest BCUT2D eigenvalue weighted by molar-refractivity contribution is 0.0945. The van der Waals surface area contributed by atoms with Gasteiger partial charge in [0.1, 0.15) is 0 Å². The molecule has 0 aromatic heterocycles. The third-order valence-electron chi connectivity index (χ3n) is 2.69. The van der Waals surface area contributed by atoms with Gasteiger partial charge in [-0.15, -0.1) is 0 Å². The number of rotatable bonds is 9. The average molecular weight is 264 g/mol. The monoisotopic (exact) mass is 264 g/mol. The number of carbonyl (C=O) groups excluding carboxylic acids is 1. The topological polar surface area (TPSA) is 50.4 Å². The highest BCUT2D eigenvalue weighted by molar-refractivity contribution is 5.99. The molecule has 0 aliphatic heterocycles. The van der Waals surface area contributed by atoms with Gasteiger partial charge < -0.3 is 15.4 Å². The van der Waals surface area contributed by atoms with E-state index < -0.39 is 0 Å². The highest BCUT2D eigenvalue weighted by Crippen LogP contribution is 2.14. The molecular formula is C15H24N2O2. The summed E-state index contributed by atoms with van der Waals surface area (Å²) < 4.78 is 5.23. The van der Waals surface area contributed by atoms with Crippen LogP contribution >= 0.6 is 0 Å². The molecule has 19 heavy (non-hydrogen) atoms. The fraction of sp³-hybridized carbons (Fsp3) is 0.533. The van der Waals surface area contributed by atoms with Crippen molar-refractivity contribution in [3.05, 3.63) is 29.8 Å². The van der Waals surface area contributed by atoms with E-state index in [1.807, 2.05) is 31.2 Å². The Balaban J connectivity index is 2.46. The van der Waals surface area contributed by atoms with E-state index in [-0.39, 0.29) is 5.91 Å². The van der Waals surface area contributed by atoms with Crippen LogP contribution in [0.2, 0.25) is 0 Å². The van der Waals surface area contributed by atoms with E-state index in [2.05, 4.69) is 17.6 Å². The van der Waals surface area contributed by atoms with Gasteiger partial charge in [-0.3, -0.25) is 4.79 Å². The van der Waals surface area contributed by atoms with Gasteiger partial charge in [0.15, 0.2) is 0 Å². The molecule has 0 heterocycles. The van der Waals surface area contributed by atoms with Crippen LogP contribution in [0.3, 0.4) is 0 Å². The molecule has 0 unspecified atom stereocenters. The summed E-state index contributed by atoms with van der Waals surface area (Å²) in [6, 6.07) is 7.59. The lowest BCUT2D eigenvalue weighted by Crippen LogP contribution is -2.26. The van der Waals surface area contributed by atoms with Crippen LogP contribution in [0.1, 0.15) is 37.0 Å². The van der Waals surface area contributed by atoms with Crippen molar-refractivity contribution < 1.29 is 9.53 Å². The Hall–Kier alpha value is -1.55. The molecule has 4 nitrogen and oxygen atoms in total. The van der Waals surface area contributed by atoms with Crippen LogP contribution in [0.5, 0.6) is 0 Å². The maximum atomic E-state index is 12.1. The summed E-state index contributed by atoms with van der Waals surface area (Å²) in [6.45, 7) is 6.98. The van der Waals surface area contributed by atoms with Gasteiger partial charge in [0.05, 0.1) is 5.56 Å². The number of hydrogen-bond donors (Lipinski definition) is 2. The van der Waals surface area contributed by atoms with Crippen LogP contribution in [0.25, 0.3) is 0 Å². The van der Waals surface area contributed by atoms with E-state index in [9.17, 15) is 4.79 Å². The van der Waals surface area contributed by atoms with Crippen molar-refractivity contribution in [2.24, 2.45) is 0 Å². The summed E-state index contributed by atoms with van der Waals surface area (Å²) in [5.74, 6) is -0.0318. The Morgan fingerprint density at radius 1 is 1.21 bits per heavy atom. The molecule has 0 fully saturated rings. The Morgan fingerprint density at radius 2 is 2.00 bits per heavy atom. The number of nitrogens with one attached hydrogen (secondary N) is 2. The van der Waals surface area contributed by atoms with Crippen LogP contribution in [-0.4, -0.2) is 32.2 Å². The van der Waals surface area contributed by atoms with E-state index in [0.29, 0.717) is 18.7 Å². The zero-order valence-corrected chi connectivity index (χ0v) is 11.9. The lowest BCUT2D eigenvalue weighted by Gasteiger charge is -2.11. The zero-order chi connectivity index (χ0) is 13.9. The van der Waals surface area contributed by atoms with Gasteiger partial charge in [-0.2, -0.15) is 0 Å². The number of ether oxygens (including phenoxy) is 1. The highest BCUT2D eigenvalue weighted by atomic mass is 16.5. The molecule has 0 saturated carbocycles. The van der Waals surface area contributed by atoms with Gasteiger partial charge in [-0.25, -0.2) is 0 Å². The summed E-state index contributed by atoms with van der Waals surface area (Å²) in [6.07, 6.45) is 1.87. The number of amides is 1. The second-order valence-corrected chi connectivity index (χ2v) is 4.28. The Morgan fingerprint density at radius 3 is 2.74 bits per heavy atom. The quantitative estimate of drug-likeness (QED) is 0.674. The number of benzene rings is 1. The Kier molecular flexibility index (Phi) is 7.66. The van der Waals surface area contributed by atoms with E-state index in [1.54, 1.807) is 0 Å². The SMILES string of the molecule is CCCNc1ccccc1C(=O)NCCCOCC. The minimum absolute atomic E-state index is 0.0318. The fourth-order valence-corrected chi connectivity index (χ4v) is 1.71. The molecule has 0 aliphatic carbocycles. The van der Waals surface area contributed by atoms with E-state index in [4.69, 9.17) is 4.74 Å². The highest BCUT2D eigenvalue weighted by Gasteiger charge is 2.09. The summed E-state index contributed by atoms with van der Waals surface area (Å²) in [4.78, 5) is 12.1. The second-order valence-electron chi connectivity index (χ2n) is 4.28. The molecule has 0 radical (unpaired) electrons. The molecule has 0 bridgehead atoms. The number of hydrogen-bond acceptors (Lipinski definition) is 3. The minimum Gasteiger partial charge on any atom is -0.384 e. The van der Waals surface area contributed by atoms with Gasteiger partial charge in [0, 0.05) is 32.0 Å². The van der Waals surface area contributed by atoms with Crippen molar-refractivity contribution in [1.82, 2.24) is 5.32 Å². The van der Waals surface area contributed by atoms with E-state index in [0.717, 1.165) is 31.7 Å². The van der Waals surface area contributed by atoms with Crippen LogP contribution in [-0.2, 0) is 4.74 Å². The average Bonchev–Trinajstić information content (AvgIpc) is 2.45. The predicted octanol–water partition coefficient (Wildman–Crippen LogP) is 2.66. The largest absolute Gasteiger partial charge is 0.384 e. The molecule has 0 saturated heterocycles. The van der Waals surface area contributed by atoms with Gasteiger partial charge >= 0.3 is 0 Å². The lowest BCUT2D eigenvalue weighted by atomic mass is 10.1. The molecule has 4 heteroatoms. The molecule has 106 valence electrons. The van der Waals surface area contributed by atoms with Crippen molar-refractivity contribution in [2.75, 3.05) is 31.6 Å². The predicted molar refractivity (Wildman–Crippen MR) is 78.7 cm³/mol. The Labute approximate surface area is 115 Å². The second kappa shape index (κ2) is 9.39. The maximum Gasteiger partial charge on any atom is 0.253 e. The first-order valence-electron chi connectivity index (χ1n) is 6.98. The fourth-order valence-electron chi connectivity index (χ4n) is 1.71. The van der Waals surface area contributed by atoms with E-state index >= 15 is 0 Å². The van der Waals surface area contributed by atoms with Crippen molar-refractivity contribution in [3.8, 4) is 0 Å². The third-order valence-corrected chi connectivity index (χ3v) is 2.69. The van der Waals surface area contributed by atoms with Crippen molar-refractivity contribution in [3.63, 3.8) is 0 Å². The zero-order valence-electron chi connectivity index (χ0n) is 11.9. The van der Waals surface area contributed by atoms with Crippen LogP contribution in [0.4, 0.5) is 5.69 Å². The molecular weight excluding hydrogens is 240 g/mol. The smallest absolute Gasteiger partial charge is 0.253 e. The first-order valence-corrected chi connectivity index (χ1v) is 6.98. The van der Waals surface area contributed by atoms with E-state index in [1.165, 1.54) is 0 Å². The molecule has 1 aromatic rings. The van der Waals surface area contributed by atoms with Crippen LogP contribution < -0.4 is 10.6 Å². The van der Waals surface area contributed by atoms with Crippen LogP contribution in [0.15, 0.2) is 24.3 Å². The molecule has 1 amide bonds. The number of carbonyl (C=O) groups is 1. The van der Waals surface area contributed by atoms with Gasteiger partial charge in [-0.1, -0.05) is 19.1 Å². The van der Waals surface area contributed by atoms with Gasteiger partial charge in [-0.05, 0) is 31.9 Å². The normalized spacial score (nSPS) is 10.2. The summed E-state index contributed by atoms with van der Waals surface area (Å²) in [5.41, 5.74) is 1.60. The molecule has 2 N–H and O–H groups in total.